The van der Waals surface area contributed by atoms with Crippen LogP contribution in [0.2, 0.25) is 10.0 Å². The second-order valence-electron chi connectivity index (χ2n) is 10.4. The molecule has 0 radical (unpaired) electrons. The first-order valence-corrected chi connectivity index (χ1v) is 14.4. The van der Waals surface area contributed by atoms with Crippen LogP contribution in [0, 0.1) is 0 Å². The van der Waals surface area contributed by atoms with Gasteiger partial charge in [0.15, 0.2) is 0 Å². The van der Waals surface area contributed by atoms with Crippen LogP contribution in [-0.2, 0) is 13.0 Å². The Labute approximate surface area is 245 Å². The van der Waals surface area contributed by atoms with E-state index in [0.717, 1.165) is 57.7 Å². The number of carbonyl (C=O) groups excluding carboxylic acids is 2. The molecule has 0 saturated carbocycles. The molecule has 2 N–H and O–H groups in total. The van der Waals surface area contributed by atoms with Crippen LogP contribution in [0.1, 0.15) is 44.7 Å². The van der Waals surface area contributed by atoms with Crippen LogP contribution in [0.4, 0.5) is 5.69 Å². The SMILES string of the molecule is COc1ccc2c(c1)CC1CN(CCCCNC(=O)c3ccc(NC(=O)c4cc(Cl)cc(Cl)c4)cc3)CCN1C2. The van der Waals surface area contributed by atoms with Crippen molar-refractivity contribution < 1.29 is 14.3 Å². The molecule has 9 heteroatoms. The third kappa shape index (κ3) is 7.15. The van der Waals surface area contributed by atoms with Crippen LogP contribution in [0.15, 0.2) is 60.7 Å². The van der Waals surface area contributed by atoms with Crippen molar-refractivity contribution in [1.82, 2.24) is 15.1 Å². The van der Waals surface area contributed by atoms with E-state index in [1.165, 1.54) is 11.1 Å². The van der Waals surface area contributed by atoms with Crippen molar-refractivity contribution in [3.05, 3.63) is 93.0 Å². The lowest BCUT2D eigenvalue weighted by Gasteiger charge is -2.44. The normalized spacial score (nSPS) is 17.0. The van der Waals surface area contributed by atoms with E-state index in [9.17, 15) is 9.59 Å². The van der Waals surface area contributed by atoms with Gasteiger partial charge in [0, 0.05) is 65.6 Å². The molecule has 0 aliphatic carbocycles. The van der Waals surface area contributed by atoms with Gasteiger partial charge in [-0.05, 0) is 91.5 Å². The maximum atomic E-state index is 12.6. The van der Waals surface area contributed by atoms with Gasteiger partial charge in [-0.25, -0.2) is 0 Å². The molecule has 40 heavy (non-hydrogen) atoms. The lowest BCUT2D eigenvalue weighted by atomic mass is 9.92. The number of nitrogens with one attached hydrogen (secondary N) is 2. The summed E-state index contributed by atoms with van der Waals surface area (Å²) in [6.07, 6.45) is 3.03. The number of hydrogen-bond acceptors (Lipinski definition) is 5. The topological polar surface area (TPSA) is 73.9 Å². The monoisotopic (exact) mass is 580 g/mol. The number of carbonyl (C=O) groups is 2. The van der Waals surface area contributed by atoms with Crippen molar-refractivity contribution in [3.63, 3.8) is 0 Å². The van der Waals surface area contributed by atoms with Crippen LogP contribution in [-0.4, -0.2) is 67.5 Å². The quantitative estimate of drug-likeness (QED) is 0.327. The Hall–Kier alpha value is -3.10. The summed E-state index contributed by atoms with van der Waals surface area (Å²) in [5.74, 6) is 0.491. The fraction of sp³-hybridized carbons (Fsp3) is 0.355. The molecule has 210 valence electrons. The van der Waals surface area contributed by atoms with Crippen molar-refractivity contribution in [3.8, 4) is 5.75 Å². The Balaban J connectivity index is 1.02. The molecule has 3 aromatic rings. The van der Waals surface area contributed by atoms with Gasteiger partial charge in [-0.3, -0.25) is 14.5 Å². The molecule has 2 amide bonds. The molecular weight excluding hydrogens is 547 g/mol. The number of halogens is 2. The Morgan fingerprint density at radius 1 is 0.900 bits per heavy atom. The minimum atomic E-state index is -0.323. The van der Waals surface area contributed by atoms with E-state index >= 15 is 0 Å². The zero-order valence-corrected chi connectivity index (χ0v) is 24.1. The molecule has 5 rings (SSSR count). The number of anilines is 1. The van der Waals surface area contributed by atoms with E-state index < -0.39 is 0 Å². The van der Waals surface area contributed by atoms with Crippen molar-refractivity contribution >= 4 is 40.7 Å². The predicted octanol–water partition coefficient (Wildman–Crippen LogP) is 5.51. The molecule has 0 bridgehead atoms. The number of methoxy groups -OCH3 is 1. The van der Waals surface area contributed by atoms with Gasteiger partial charge in [0.1, 0.15) is 5.75 Å². The van der Waals surface area contributed by atoms with Crippen LogP contribution in [0.5, 0.6) is 5.75 Å². The molecule has 2 aliphatic rings. The highest BCUT2D eigenvalue weighted by atomic mass is 35.5. The van der Waals surface area contributed by atoms with E-state index in [0.29, 0.717) is 39.4 Å². The third-order valence-electron chi connectivity index (χ3n) is 7.65. The number of rotatable bonds is 9. The summed E-state index contributed by atoms with van der Waals surface area (Å²) < 4.78 is 5.42. The zero-order chi connectivity index (χ0) is 28.1. The van der Waals surface area contributed by atoms with Gasteiger partial charge < -0.3 is 20.3 Å². The van der Waals surface area contributed by atoms with Crippen LogP contribution in [0.3, 0.4) is 0 Å². The second kappa shape index (κ2) is 13.0. The maximum Gasteiger partial charge on any atom is 0.255 e. The number of nitrogens with zero attached hydrogens (tertiary/aromatic N) is 2. The number of fused-ring (bicyclic) bond motifs is 2. The van der Waals surface area contributed by atoms with E-state index in [4.69, 9.17) is 27.9 Å². The highest BCUT2D eigenvalue weighted by molar-refractivity contribution is 6.35. The van der Waals surface area contributed by atoms with E-state index in [1.54, 1.807) is 49.6 Å². The number of benzene rings is 3. The third-order valence-corrected chi connectivity index (χ3v) is 8.08. The largest absolute Gasteiger partial charge is 0.497 e. The highest BCUT2D eigenvalue weighted by Crippen LogP contribution is 2.29. The van der Waals surface area contributed by atoms with Crippen molar-refractivity contribution in [2.45, 2.75) is 31.8 Å². The van der Waals surface area contributed by atoms with Crippen LogP contribution in [0.25, 0.3) is 0 Å². The number of unbranched alkanes of at least 4 members (excludes halogenated alkanes) is 1. The molecule has 7 nitrogen and oxygen atoms in total. The zero-order valence-electron chi connectivity index (χ0n) is 22.6. The van der Waals surface area contributed by atoms with Crippen molar-refractivity contribution in [1.29, 1.82) is 0 Å². The molecule has 1 fully saturated rings. The lowest BCUT2D eigenvalue weighted by Crippen LogP contribution is -2.55. The van der Waals surface area contributed by atoms with Gasteiger partial charge >= 0.3 is 0 Å². The summed E-state index contributed by atoms with van der Waals surface area (Å²) in [5, 5.41) is 6.59. The summed E-state index contributed by atoms with van der Waals surface area (Å²) in [6.45, 7) is 5.95. The average Bonchev–Trinajstić information content (AvgIpc) is 2.95. The molecule has 0 aromatic heterocycles. The minimum Gasteiger partial charge on any atom is -0.497 e. The Morgan fingerprint density at radius 3 is 2.42 bits per heavy atom. The molecule has 3 aromatic carbocycles. The first-order chi connectivity index (χ1) is 19.4. The molecule has 1 unspecified atom stereocenters. The summed E-state index contributed by atoms with van der Waals surface area (Å²) in [7, 11) is 1.72. The van der Waals surface area contributed by atoms with Crippen molar-refractivity contribution in [2.24, 2.45) is 0 Å². The van der Waals surface area contributed by atoms with Gasteiger partial charge in [0.25, 0.3) is 11.8 Å². The van der Waals surface area contributed by atoms with Crippen LogP contribution >= 0.6 is 23.2 Å². The molecule has 2 aliphatic heterocycles. The average molecular weight is 582 g/mol. The van der Waals surface area contributed by atoms with Gasteiger partial charge in [-0.1, -0.05) is 29.3 Å². The smallest absolute Gasteiger partial charge is 0.255 e. The number of hydrogen-bond donors (Lipinski definition) is 2. The molecule has 1 atom stereocenters. The number of ether oxygens (including phenoxy) is 1. The van der Waals surface area contributed by atoms with Crippen molar-refractivity contribution in [2.75, 3.05) is 45.2 Å². The number of piperazine rings is 1. The Bertz CT molecular complexity index is 1340. The fourth-order valence-corrected chi connectivity index (χ4v) is 5.99. The van der Waals surface area contributed by atoms with Crippen LogP contribution < -0.4 is 15.4 Å². The van der Waals surface area contributed by atoms with Gasteiger partial charge in [0.05, 0.1) is 7.11 Å². The second-order valence-corrected chi connectivity index (χ2v) is 11.3. The highest BCUT2D eigenvalue weighted by Gasteiger charge is 2.31. The number of amides is 2. The maximum absolute atomic E-state index is 12.6. The summed E-state index contributed by atoms with van der Waals surface area (Å²) >= 11 is 12.0. The van der Waals surface area contributed by atoms with Gasteiger partial charge in [0.2, 0.25) is 0 Å². The van der Waals surface area contributed by atoms with E-state index in [-0.39, 0.29) is 11.8 Å². The standard InChI is InChI=1S/C31H34Cl2N4O3/c1-40-29-9-6-22-19-37-13-12-36(20-28(37)16-23(22)17-29)11-3-2-10-34-30(38)21-4-7-27(8-5-21)35-31(39)24-14-25(32)18-26(33)15-24/h4-9,14-15,17-18,28H,2-3,10-13,16,19-20H2,1H3,(H,34,38)(H,35,39). The first-order valence-electron chi connectivity index (χ1n) is 13.7. The summed E-state index contributed by atoms with van der Waals surface area (Å²) in [5.41, 5.74) is 4.33. The Kier molecular flexibility index (Phi) is 9.27. The lowest BCUT2D eigenvalue weighted by molar-refractivity contribution is 0.0598. The summed E-state index contributed by atoms with van der Waals surface area (Å²) in [6, 6.07) is 18.5. The van der Waals surface area contributed by atoms with E-state index in [2.05, 4.69) is 38.6 Å². The van der Waals surface area contributed by atoms with E-state index in [1.807, 2.05) is 0 Å². The molecule has 1 saturated heterocycles. The van der Waals surface area contributed by atoms with Gasteiger partial charge in [-0.2, -0.15) is 0 Å². The molecule has 2 heterocycles. The Morgan fingerprint density at radius 2 is 1.68 bits per heavy atom. The minimum absolute atomic E-state index is 0.121. The predicted molar refractivity (Wildman–Crippen MR) is 160 cm³/mol. The summed E-state index contributed by atoms with van der Waals surface area (Å²) in [4.78, 5) is 30.2. The molecular formula is C31H34Cl2N4O3. The van der Waals surface area contributed by atoms with Gasteiger partial charge in [-0.15, -0.1) is 0 Å². The first kappa shape index (κ1) is 28.4. The fourth-order valence-electron chi connectivity index (χ4n) is 5.47. The molecule has 0 spiro atoms.